The first-order valence-corrected chi connectivity index (χ1v) is 11.1. The van der Waals surface area contributed by atoms with Crippen molar-refractivity contribution in [1.29, 1.82) is 0 Å². The first-order chi connectivity index (χ1) is 15.4. The molecule has 9 heteroatoms. The van der Waals surface area contributed by atoms with E-state index in [4.69, 9.17) is 25.5 Å². The summed E-state index contributed by atoms with van der Waals surface area (Å²) in [5.74, 6) is 1.61. The number of hydrogen-bond acceptors (Lipinski definition) is 6. The molecule has 2 amide bonds. The quantitative estimate of drug-likeness (QED) is 0.467. The van der Waals surface area contributed by atoms with Crippen LogP contribution in [0.25, 0.3) is 6.08 Å². The topological polar surface area (TPSA) is 73.9 Å². The largest absolute Gasteiger partial charge is 0.467 e. The Morgan fingerprint density at radius 3 is 2.66 bits per heavy atom. The molecule has 0 bridgehead atoms. The molecule has 0 radical (unpaired) electrons. The maximum atomic E-state index is 13.0. The fourth-order valence-electron chi connectivity index (χ4n) is 3.80. The molecule has 1 saturated heterocycles. The van der Waals surface area contributed by atoms with Crippen LogP contribution in [-0.2, 0) is 17.9 Å². The fourth-order valence-corrected chi connectivity index (χ4v) is 4.85. The fraction of sp³-hybridized carbons (Fsp3) is 0.217. The van der Waals surface area contributed by atoms with E-state index in [2.05, 4.69) is 4.57 Å². The number of halogens is 1. The van der Waals surface area contributed by atoms with E-state index in [1.165, 1.54) is 4.90 Å². The molecule has 7 nitrogen and oxygen atoms in total. The van der Waals surface area contributed by atoms with Gasteiger partial charge in [0.25, 0.3) is 11.1 Å². The smallest absolute Gasteiger partial charge is 0.293 e. The van der Waals surface area contributed by atoms with Crippen molar-refractivity contribution in [2.24, 2.45) is 0 Å². The summed E-state index contributed by atoms with van der Waals surface area (Å²) in [5.41, 5.74) is 3.54. The third-order valence-corrected chi connectivity index (χ3v) is 6.80. The molecule has 1 aromatic carbocycles. The van der Waals surface area contributed by atoms with Crippen LogP contribution in [0.4, 0.5) is 4.79 Å². The minimum atomic E-state index is -0.343. The van der Waals surface area contributed by atoms with E-state index in [0.29, 0.717) is 33.5 Å². The second kappa shape index (κ2) is 8.11. The Bertz CT molecular complexity index is 1260. The van der Waals surface area contributed by atoms with Crippen molar-refractivity contribution in [2.45, 2.75) is 26.9 Å². The van der Waals surface area contributed by atoms with Gasteiger partial charge in [-0.2, -0.15) is 0 Å². The number of fused-ring (bicyclic) bond motifs is 1. The highest BCUT2D eigenvalue weighted by atomic mass is 35.5. The predicted octanol–water partition coefficient (Wildman–Crippen LogP) is 5.36. The molecule has 2 aromatic heterocycles. The summed E-state index contributed by atoms with van der Waals surface area (Å²) in [7, 11) is 0. The number of aryl methyl sites for hydroxylation is 1. The molecule has 0 saturated carbocycles. The lowest BCUT2D eigenvalue weighted by atomic mass is 10.2. The van der Waals surface area contributed by atoms with E-state index in [-0.39, 0.29) is 24.5 Å². The number of furan rings is 1. The standard InChI is InChI=1S/C23H19ClN2O5S/c1-13-6-15(14(2)25(13)11-17-4-3-5-29-17)8-21-22(27)26(23(28)32-21)10-16-7-19-20(9-18(16)24)31-12-30-19/h3-9H,10-12H2,1-2H3/b21-8-. The number of ether oxygens (including phenoxy) is 2. The zero-order valence-electron chi connectivity index (χ0n) is 17.4. The number of nitrogens with zero attached hydrogens (tertiary/aromatic N) is 2. The van der Waals surface area contributed by atoms with Gasteiger partial charge in [-0.1, -0.05) is 11.6 Å². The van der Waals surface area contributed by atoms with Gasteiger partial charge in [0.15, 0.2) is 11.5 Å². The Labute approximate surface area is 193 Å². The van der Waals surface area contributed by atoms with Crippen LogP contribution in [0.1, 0.15) is 28.3 Å². The Hall–Kier alpha value is -3.10. The number of imide groups is 1. The summed E-state index contributed by atoms with van der Waals surface area (Å²) in [4.78, 5) is 27.2. The van der Waals surface area contributed by atoms with Gasteiger partial charge >= 0.3 is 0 Å². The molecular formula is C23H19ClN2O5S. The minimum absolute atomic E-state index is 0.0645. The highest BCUT2D eigenvalue weighted by Crippen LogP contribution is 2.39. The molecule has 0 spiro atoms. The Balaban J connectivity index is 1.39. The summed E-state index contributed by atoms with van der Waals surface area (Å²) >= 11 is 7.26. The molecule has 1 fully saturated rings. The third-order valence-electron chi connectivity index (χ3n) is 5.54. The first-order valence-electron chi connectivity index (χ1n) is 9.93. The zero-order chi connectivity index (χ0) is 22.4. The number of aromatic nitrogens is 1. The number of hydrogen-bond donors (Lipinski definition) is 0. The van der Waals surface area contributed by atoms with Crippen LogP contribution in [0.2, 0.25) is 5.02 Å². The van der Waals surface area contributed by atoms with Gasteiger partial charge in [-0.15, -0.1) is 0 Å². The zero-order valence-corrected chi connectivity index (χ0v) is 19.0. The van der Waals surface area contributed by atoms with Crippen molar-refractivity contribution in [2.75, 3.05) is 6.79 Å². The highest BCUT2D eigenvalue weighted by molar-refractivity contribution is 8.18. The summed E-state index contributed by atoms with van der Waals surface area (Å²) in [5, 5.41) is 0.0816. The number of thioether (sulfide) groups is 1. The Morgan fingerprint density at radius 1 is 1.12 bits per heavy atom. The van der Waals surface area contributed by atoms with Crippen molar-refractivity contribution in [3.63, 3.8) is 0 Å². The molecule has 2 aliphatic rings. The number of carbonyl (C=O) groups excluding carboxylic acids is 2. The van der Waals surface area contributed by atoms with E-state index in [1.54, 1.807) is 24.5 Å². The lowest BCUT2D eigenvalue weighted by molar-refractivity contribution is -0.123. The minimum Gasteiger partial charge on any atom is -0.467 e. The molecule has 32 heavy (non-hydrogen) atoms. The lowest BCUT2D eigenvalue weighted by Gasteiger charge is -2.14. The summed E-state index contributed by atoms with van der Waals surface area (Å²) in [6.07, 6.45) is 3.42. The molecule has 164 valence electrons. The van der Waals surface area contributed by atoms with Gasteiger partial charge in [0, 0.05) is 22.5 Å². The van der Waals surface area contributed by atoms with Crippen LogP contribution >= 0.6 is 23.4 Å². The van der Waals surface area contributed by atoms with Gasteiger partial charge in [-0.05, 0) is 67.1 Å². The van der Waals surface area contributed by atoms with E-state index in [1.807, 2.05) is 32.0 Å². The molecule has 2 aliphatic heterocycles. The number of benzene rings is 1. The molecular weight excluding hydrogens is 452 g/mol. The maximum absolute atomic E-state index is 13.0. The molecule has 4 heterocycles. The molecule has 0 aliphatic carbocycles. The maximum Gasteiger partial charge on any atom is 0.293 e. The Kier molecular flexibility index (Phi) is 5.27. The van der Waals surface area contributed by atoms with Crippen molar-refractivity contribution < 1.29 is 23.5 Å². The van der Waals surface area contributed by atoms with Gasteiger partial charge in [0.05, 0.1) is 24.3 Å². The number of carbonyl (C=O) groups is 2. The average molecular weight is 471 g/mol. The van der Waals surface area contributed by atoms with Crippen LogP contribution in [0.3, 0.4) is 0 Å². The first kappa shape index (κ1) is 20.8. The van der Waals surface area contributed by atoms with Gasteiger partial charge in [0.2, 0.25) is 6.79 Å². The summed E-state index contributed by atoms with van der Waals surface area (Å²) < 4.78 is 18.3. The predicted molar refractivity (Wildman–Crippen MR) is 121 cm³/mol. The van der Waals surface area contributed by atoms with Gasteiger partial charge in [-0.3, -0.25) is 14.5 Å². The van der Waals surface area contributed by atoms with E-state index in [0.717, 1.165) is 34.5 Å². The average Bonchev–Trinajstić information content (AvgIpc) is 3.53. The monoisotopic (exact) mass is 470 g/mol. The lowest BCUT2D eigenvalue weighted by Crippen LogP contribution is -2.27. The second-order valence-electron chi connectivity index (χ2n) is 7.56. The van der Waals surface area contributed by atoms with Gasteiger partial charge in [-0.25, -0.2) is 0 Å². The third kappa shape index (κ3) is 3.69. The van der Waals surface area contributed by atoms with Crippen LogP contribution < -0.4 is 9.47 Å². The summed E-state index contributed by atoms with van der Waals surface area (Å²) in [6.45, 7) is 4.77. The van der Waals surface area contributed by atoms with E-state index >= 15 is 0 Å². The van der Waals surface area contributed by atoms with Crippen LogP contribution in [0.15, 0.2) is 45.9 Å². The highest BCUT2D eigenvalue weighted by Gasteiger charge is 2.36. The Morgan fingerprint density at radius 2 is 1.91 bits per heavy atom. The number of rotatable bonds is 5. The van der Waals surface area contributed by atoms with Gasteiger partial charge in [0.1, 0.15) is 5.76 Å². The van der Waals surface area contributed by atoms with Crippen LogP contribution in [0.5, 0.6) is 11.5 Å². The van der Waals surface area contributed by atoms with Crippen LogP contribution in [0, 0.1) is 13.8 Å². The number of amides is 2. The van der Waals surface area contributed by atoms with Gasteiger partial charge < -0.3 is 18.5 Å². The molecule has 3 aromatic rings. The van der Waals surface area contributed by atoms with E-state index in [9.17, 15) is 9.59 Å². The molecule has 0 atom stereocenters. The normalized spacial score (nSPS) is 16.6. The molecule has 0 N–H and O–H groups in total. The second-order valence-corrected chi connectivity index (χ2v) is 8.96. The van der Waals surface area contributed by atoms with Crippen molar-refractivity contribution in [1.82, 2.24) is 9.47 Å². The van der Waals surface area contributed by atoms with Crippen molar-refractivity contribution >= 4 is 40.6 Å². The van der Waals surface area contributed by atoms with Crippen molar-refractivity contribution in [3.8, 4) is 11.5 Å². The molecule has 0 unspecified atom stereocenters. The SMILES string of the molecule is Cc1cc(/C=C2\SC(=O)N(Cc3cc4c(cc3Cl)OCO4)C2=O)c(C)n1Cc1ccco1. The summed E-state index contributed by atoms with van der Waals surface area (Å²) in [6, 6.07) is 9.13. The van der Waals surface area contributed by atoms with Crippen molar-refractivity contribution in [3.05, 3.63) is 74.8 Å². The molecule has 5 rings (SSSR count). The van der Waals surface area contributed by atoms with Crippen LogP contribution in [-0.4, -0.2) is 27.4 Å². The van der Waals surface area contributed by atoms with E-state index < -0.39 is 0 Å².